The number of hydrogen-bond donors (Lipinski definition) is 0. The monoisotopic (exact) mass is 109 g/mol. The van der Waals surface area contributed by atoms with Gasteiger partial charge in [-0.05, 0) is 0 Å². The van der Waals surface area contributed by atoms with Gasteiger partial charge >= 0.3 is 14.6 Å². The molecule has 0 fully saturated rings. The first-order chi connectivity index (χ1) is 2.56. The van der Waals surface area contributed by atoms with Crippen LogP contribution in [0.4, 0.5) is 0 Å². The molecule has 0 aromatic heterocycles. The lowest BCUT2D eigenvalue weighted by molar-refractivity contribution is 0.599. The normalized spacial score (nSPS) is 10.8. The van der Waals surface area contributed by atoms with Crippen molar-refractivity contribution in [3.8, 4) is 0 Å². The van der Waals surface area contributed by atoms with E-state index in [1.807, 2.05) is 0 Å². The quantitative estimate of drug-likeness (QED) is 0.436. The van der Waals surface area contributed by atoms with E-state index in [9.17, 15) is 8.42 Å². The van der Waals surface area contributed by atoms with E-state index in [2.05, 4.69) is 0 Å². The Morgan fingerprint density at radius 3 is 1.67 bits per heavy atom. The molecule has 0 heterocycles. The van der Waals surface area contributed by atoms with Gasteiger partial charge < -0.3 is 0 Å². The van der Waals surface area contributed by atoms with Gasteiger partial charge in [-0.15, -0.1) is 0 Å². The zero-order valence-electron chi connectivity index (χ0n) is 3.08. The van der Waals surface area contributed by atoms with Crippen LogP contribution in [0, 0.1) is 4.91 Å². The second kappa shape index (κ2) is 1.34. The molecule has 6 heavy (non-hydrogen) atoms. The number of rotatable bonds is 1. The third kappa shape index (κ3) is 3.55. The first-order valence-electron chi connectivity index (χ1n) is 1.11. The molecule has 4 nitrogen and oxygen atoms in total. The van der Waals surface area contributed by atoms with Gasteiger partial charge in [-0.1, -0.05) is 0 Å². The Bertz CT molecular complexity index is 121. The fraction of sp³-hybridized carbons (Fsp3) is 1.00. The standard InChI is InChI=1S/CH3NO3S/c1-6(4,5)2-3/h1H3/q+1. The van der Waals surface area contributed by atoms with Crippen molar-refractivity contribution in [1.82, 2.24) is 4.58 Å². The van der Waals surface area contributed by atoms with Gasteiger partial charge in [0.15, 0.2) is 0 Å². The average Bonchev–Trinajstić information content (AvgIpc) is 1.35. The SMILES string of the molecule is CS(=O)(=O)[N+]=O. The molecule has 0 N–H and O–H groups in total. The predicted molar refractivity (Wildman–Crippen MR) is 20.3 cm³/mol. The number of nitrogens with zero attached hydrogens (tertiary/aromatic N) is 1. The molecule has 0 aromatic carbocycles. The average molecular weight is 109 g/mol. The summed E-state index contributed by atoms with van der Waals surface area (Å²) in [7, 11) is -3.59. The fourth-order valence-electron chi connectivity index (χ4n) is 0. The van der Waals surface area contributed by atoms with E-state index in [0.29, 0.717) is 0 Å². The van der Waals surface area contributed by atoms with Crippen molar-refractivity contribution in [2.45, 2.75) is 0 Å². The van der Waals surface area contributed by atoms with Gasteiger partial charge in [0.1, 0.15) is 11.2 Å². The largest absolute Gasteiger partial charge is 0.479 e. The van der Waals surface area contributed by atoms with Gasteiger partial charge in [-0.2, -0.15) is 8.42 Å². The van der Waals surface area contributed by atoms with E-state index in [1.54, 1.807) is 4.58 Å². The van der Waals surface area contributed by atoms with E-state index < -0.39 is 10.0 Å². The van der Waals surface area contributed by atoms with Gasteiger partial charge in [0, 0.05) is 0 Å². The van der Waals surface area contributed by atoms with Crippen LogP contribution in [0.1, 0.15) is 0 Å². The predicted octanol–water partition coefficient (Wildman–Crippen LogP) is -0.952. The van der Waals surface area contributed by atoms with Gasteiger partial charge in [-0.3, -0.25) is 0 Å². The third-order valence-electron chi connectivity index (χ3n) is 0.135. The Kier molecular flexibility index (Phi) is 1.24. The first-order valence-corrected chi connectivity index (χ1v) is 2.96. The lowest BCUT2D eigenvalue weighted by Crippen LogP contribution is -1.98. The lowest BCUT2D eigenvalue weighted by atomic mass is 12.0. The van der Waals surface area contributed by atoms with Crippen LogP contribution < -0.4 is 4.58 Å². The Labute approximate surface area is 35.2 Å². The smallest absolute Gasteiger partial charge is 0.153 e. The van der Waals surface area contributed by atoms with Crippen molar-refractivity contribution < 1.29 is 8.42 Å². The summed E-state index contributed by atoms with van der Waals surface area (Å²) >= 11 is 0. The van der Waals surface area contributed by atoms with Crippen LogP contribution in [0.2, 0.25) is 0 Å². The maximum absolute atomic E-state index is 9.52. The van der Waals surface area contributed by atoms with E-state index >= 15 is 0 Å². The van der Waals surface area contributed by atoms with Crippen molar-refractivity contribution in [2.75, 3.05) is 6.26 Å². The first kappa shape index (κ1) is 5.55. The topological polar surface area (TPSA) is 65.3 Å². The van der Waals surface area contributed by atoms with Crippen LogP contribution >= 0.6 is 0 Å². The highest BCUT2D eigenvalue weighted by Gasteiger charge is 2.12. The molecule has 0 bridgehead atoms. The summed E-state index contributed by atoms with van der Waals surface area (Å²) in [5.74, 6) is 0. The maximum Gasteiger partial charge on any atom is 0.479 e. The summed E-state index contributed by atoms with van der Waals surface area (Å²) in [6.07, 6.45) is 0.736. The van der Waals surface area contributed by atoms with Crippen molar-refractivity contribution >= 4 is 10.0 Å². The molecule has 0 saturated carbocycles. The van der Waals surface area contributed by atoms with E-state index in [0.717, 1.165) is 6.26 Å². The summed E-state index contributed by atoms with van der Waals surface area (Å²) in [6, 6.07) is 0. The molecule has 0 unspecified atom stereocenters. The highest BCUT2D eigenvalue weighted by molar-refractivity contribution is 7.88. The van der Waals surface area contributed by atoms with Crippen LogP contribution in [0.25, 0.3) is 0 Å². The fourth-order valence-corrected chi connectivity index (χ4v) is 0. The van der Waals surface area contributed by atoms with Crippen molar-refractivity contribution in [3.63, 3.8) is 0 Å². The molecule has 0 aromatic rings. The zero-order chi connectivity index (χ0) is 5.21. The van der Waals surface area contributed by atoms with E-state index in [1.165, 1.54) is 0 Å². The molecule has 35 valence electrons. The highest BCUT2D eigenvalue weighted by atomic mass is 32.2. The molecule has 1 radical (unpaired) electrons. The molecule has 0 saturated heterocycles. The van der Waals surface area contributed by atoms with Gasteiger partial charge in [0.05, 0.1) is 0 Å². The van der Waals surface area contributed by atoms with Crippen LogP contribution in [-0.4, -0.2) is 14.7 Å². The minimum atomic E-state index is -3.59. The Hall–Kier alpha value is -0.450. The minimum absolute atomic E-state index is 0.736. The molecule has 0 atom stereocenters. The summed E-state index contributed by atoms with van der Waals surface area (Å²) in [4.78, 5) is 8.99. The molecule has 0 aliphatic heterocycles. The maximum atomic E-state index is 9.52. The van der Waals surface area contributed by atoms with E-state index in [4.69, 9.17) is 4.91 Å². The summed E-state index contributed by atoms with van der Waals surface area (Å²) < 4.78 is 20.8. The number of nitroso groups, excluding NO2 is 1. The molecular formula is CH3NO3S+. The van der Waals surface area contributed by atoms with Crippen LogP contribution in [0.5, 0.6) is 0 Å². The van der Waals surface area contributed by atoms with E-state index in [-0.39, 0.29) is 0 Å². The molecule has 0 aliphatic carbocycles. The molecule has 0 rings (SSSR count). The van der Waals surface area contributed by atoms with Crippen molar-refractivity contribution in [3.05, 3.63) is 4.91 Å². The molecule has 5 heteroatoms. The van der Waals surface area contributed by atoms with Crippen LogP contribution in [-0.2, 0) is 10.0 Å². The van der Waals surface area contributed by atoms with Crippen molar-refractivity contribution in [1.29, 1.82) is 0 Å². The Morgan fingerprint density at radius 1 is 1.50 bits per heavy atom. The minimum Gasteiger partial charge on any atom is -0.153 e. The third-order valence-corrected chi connectivity index (χ3v) is 0.406. The second-order valence-corrected chi connectivity index (χ2v) is 2.42. The van der Waals surface area contributed by atoms with Crippen molar-refractivity contribution in [2.24, 2.45) is 0 Å². The Morgan fingerprint density at radius 2 is 1.67 bits per heavy atom. The van der Waals surface area contributed by atoms with Gasteiger partial charge in [0.25, 0.3) is 0 Å². The van der Waals surface area contributed by atoms with Crippen LogP contribution in [0.3, 0.4) is 0 Å². The van der Waals surface area contributed by atoms with Crippen LogP contribution in [0.15, 0.2) is 0 Å². The number of hydrogen-bond acceptors (Lipinski definition) is 3. The highest BCUT2D eigenvalue weighted by Crippen LogP contribution is 1.62. The molecule has 0 aliphatic rings. The van der Waals surface area contributed by atoms with Gasteiger partial charge in [-0.25, -0.2) is 0 Å². The van der Waals surface area contributed by atoms with Gasteiger partial charge in [0.2, 0.25) is 0 Å². The summed E-state index contributed by atoms with van der Waals surface area (Å²) in [5, 5.41) is 0. The Balaban J connectivity index is 4.25. The number of sulfonamides is 1. The summed E-state index contributed by atoms with van der Waals surface area (Å²) in [5.41, 5.74) is 0. The molecule has 0 amide bonds. The molecular weight excluding hydrogens is 106 g/mol. The zero-order valence-corrected chi connectivity index (χ0v) is 3.90. The second-order valence-electron chi connectivity index (χ2n) is 0.808. The summed E-state index contributed by atoms with van der Waals surface area (Å²) in [6.45, 7) is 0. The molecule has 0 spiro atoms. The lowest BCUT2D eigenvalue weighted by Gasteiger charge is -1.50.